The maximum atomic E-state index is 5.98. The first-order valence-corrected chi connectivity index (χ1v) is 6.19. The van der Waals surface area contributed by atoms with E-state index in [1.54, 1.807) is 14.0 Å². The first-order valence-electron chi connectivity index (χ1n) is 6.19. The third-order valence-corrected chi connectivity index (χ3v) is 2.40. The van der Waals surface area contributed by atoms with Crippen LogP contribution in [-0.2, 0) is 4.74 Å². The third kappa shape index (κ3) is 5.27. The molecule has 0 saturated heterocycles. The summed E-state index contributed by atoms with van der Waals surface area (Å²) in [5, 5.41) is 3.19. The maximum Gasteiger partial charge on any atom is 0.242 e. The zero-order valence-corrected chi connectivity index (χ0v) is 12.1. The molecule has 0 aromatic carbocycles. The number of rotatable bonds is 8. The molecule has 0 aliphatic heterocycles. The lowest BCUT2D eigenvalue weighted by Gasteiger charge is -2.14. The number of anilines is 2. The van der Waals surface area contributed by atoms with Crippen molar-refractivity contribution in [2.75, 3.05) is 58.6 Å². The summed E-state index contributed by atoms with van der Waals surface area (Å²) in [6.45, 7) is 4.35. The van der Waals surface area contributed by atoms with Gasteiger partial charge in [-0.1, -0.05) is 0 Å². The fourth-order valence-electron chi connectivity index (χ4n) is 1.42. The average molecular weight is 269 g/mol. The largest absolute Gasteiger partial charge is 0.474 e. The van der Waals surface area contributed by atoms with Gasteiger partial charge in [-0.3, -0.25) is 0 Å². The Hall–Kier alpha value is -1.60. The second kappa shape index (κ2) is 7.75. The number of aryl methyl sites for hydroxylation is 1. The van der Waals surface area contributed by atoms with E-state index in [0.29, 0.717) is 36.4 Å². The molecule has 0 aliphatic carbocycles. The summed E-state index contributed by atoms with van der Waals surface area (Å²) in [6, 6.07) is 0. The predicted octanol–water partition coefficient (Wildman–Crippen LogP) is 0.366. The number of nitrogen functional groups attached to an aromatic ring is 1. The average Bonchev–Trinajstić information content (AvgIpc) is 2.34. The Kier molecular flexibility index (Phi) is 6.31. The zero-order valence-electron chi connectivity index (χ0n) is 12.1. The molecule has 0 saturated carbocycles. The first kappa shape index (κ1) is 15.5. The highest BCUT2D eigenvalue weighted by Crippen LogP contribution is 2.25. The quantitative estimate of drug-likeness (QED) is 0.659. The van der Waals surface area contributed by atoms with Gasteiger partial charge in [-0.05, 0) is 21.0 Å². The number of methoxy groups -OCH3 is 1. The van der Waals surface area contributed by atoms with Crippen molar-refractivity contribution in [3.8, 4) is 5.88 Å². The van der Waals surface area contributed by atoms with Crippen molar-refractivity contribution in [3.05, 3.63) is 5.82 Å². The summed E-state index contributed by atoms with van der Waals surface area (Å²) in [4.78, 5) is 10.5. The van der Waals surface area contributed by atoms with Crippen LogP contribution in [-0.4, -0.2) is 62.4 Å². The van der Waals surface area contributed by atoms with Crippen LogP contribution in [0.4, 0.5) is 11.5 Å². The molecule has 3 N–H and O–H groups in total. The minimum atomic E-state index is 0.400. The monoisotopic (exact) mass is 269 g/mol. The summed E-state index contributed by atoms with van der Waals surface area (Å²) in [5.74, 6) is 1.63. The van der Waals surface area contributed by atoms with Gasteiger partial charge >= 0.3 is 0 Å². The molecule has 0 fully saturated rings. The van der Waals surface area contributed by atoms with E-state index in [1.807, 2.05) is 14.1 Å². The second-order valence-corrected chi connectivity index (χ2v) is 4.41. The van der Waals surface area contributed by atoms with E-state index in [4.69, 9.17) is 15.2 Å². The highest BCUT2D eigenvalue weighted by atomic mass is 16.5. The summed E-state index contributed by atoms with van der Waals surface area (Å²) >= 11 is 0. The topological polar surface area (TPSA) is 85.5 Å². The van der Waals surface area contributed by atoms with Gasteiger partial charge in [0.05, 0.1) is 6.61 Å². The fraction of sp³-hybridized carbons (Fsp3) is 0.667. The smallest absolute Gasteiger partial charge is 0.242 e. The molecule has 7 nitrogen and oxygen atoms in total. The SMILES string of the molecule is COCCOc1nc(C)nc(NCCN(C)C)c1N. The van der Waals surface area contributed by atoms with E-state index in [1.165, 1.54) is 0 Å². The standard InChI is InChI=1S/C12H23N5O2/c1-9-15-11(14-5-6-17(2)3)10(13)12(16-9)19-8-7-18-4/h5-8,13H2,1-4H3,(H,14,15,16). The Bertz CT molecular complexity index is 398. The van der Waals surface area contributed by atoms with Crippen LogP contribution < -0.4 is 15.8 Å². The van der Waals surface area contributed by atoms with E-state index >= 15 is 0 Å². The van der Waals surface area contributed by atoms with Crippen LogP contribution in [0, 0.1) is 6.92 Å². The minimum Gasteiger partial charge on any atom is -0.474 e. The number of nitrogens with two attached hydrogens (primary N) is 1. The lowest BCUT2D eigenvalue weighted by molar-refractivity contribution is 0.144. The van der Waals surface area contributed by atoms with Gasteiger partial charge in [0, 0.05) is 20.2 Å². The number of hydrogen-bond donors (Lipinski definition) is 2. The molecule has 1 heterocycles. The Morgan fingerprint density at radius 2 is 2.00 bits per heavy atom. The van der Waals surface area contributed by atoms with Crippen LogP contribution >= 0.6 is 0 Å². The van der Waals surface area contributed by atoms with Crippen molar-refractivity contribution in [2.45, 2.75) is 6.92 Å². The maximum absolute atomic E-state index is 5.98. The molecule has 1 rings (SSSR count). The van der Waals surface area contributed by atoms with E-state index in [-0.39, 0.29) is 0 Å². The van der Waals surface area contributed by atoms with Gasteiger partial charge < -0.3 is 25.4 Å². The van der Waals surface area contributed by atoms with Crippen LogP contribution in [0.25, 0.3) is 0 Å². The lowest BCUT2D eigenvalue weighted by atomic mass is 10.4. The molecule has 0 aliphatic rings. The molecule has 19 heavy (non-hydrogen) atoms. The van der Waals surface area contributed by atoms with Crippen LogP contribution in [0.3, 0.4) is 0 Å². The van der Waals surface area contributed by atoms with Gasteiger partial charge in [0.15, 0.2) is 5.82 Å². The first-order chi connectivity index (χ1) is 9.04. The zero-order chi connectivity index (χ0) is 14.3. The number of hydrogen-bond acceptors (Lipinski definition) is 7. The van der Waals surface area contributed by atoms with Gasteiger partial charge in [0.25, 0.3) is 0 Å². The van der Waals surface area contributed by atoms with Crippen LogP contribution in [0.5, 0.6) is 5.88 Å². The molecule has 0 spiro atoms. The van der Waals surface area contributed by atoms with Crippen LogP contribution in [0.2, 0.25) is 0 Å². The number of nitrogens with one attached hydrogen (secondary N) is 1. The van der Waals surface area contributed by atoms with E-state index < -0.39 is 0 Å². The molecule has 0 radical (unpaired) electrons. The number of aromatic nitrogens is 2. The van der Waals surface area contributed by atoms with Crippen molar-refractivity contribution < 1.29 is 9.47 Å². The summed E-state index contributed by atoms with van der Waals surface area (Å²) in [6.07, 6.45) is 0. The normalized spacial score (nSPS) is 10.8. The minimum absolute atomic E-state index is 0.400. The van der Waals surface area contributed by atoms with Crippen molar-refractivity contribution in [2.24, 2.45) is 0 Å². The molecule has 108 valence electrons. The van der Waals surface area contributed by atoms with Gasteiger partial charge in [0.1, 0.15) is 18.1 Å². The second-order valence-electron chi connectivity index (χ2n) is 4.41. The van der Waals surface area contributed by atoms with Crippen molar-refractivity contribution >= 4 is 11.5 Å². The van der Waals surface area contributed by atoms with Crippen molar-refractivity contribution in [3.63, 3.8) is 0 Å². The molecule has 1 aromatic heterocycles. The molecule has 7 heteroatoms. The summed E-state index contributed by atoms with van der Waals surface area (Å²) in [7, 11) is 5.64. The molecule has 1 aromatic rings. The highest BCUT2D eigenvalue weighted by Gasteiger charge is 2.11. The molecule has 0 amide bonds. The van der Waals surface area contributed by atoms with Gasteiger partial charge in [-0.2, -0.15) is 4.98 Å². The van der Waals surface area contributed by atoms with Crippen molar-refractivity contribution in [1.82, 2.24) is 14.9 Å². The highest BCUT2D eigenvalue weighted by molar-refractivity contribution is 5.66. The summed E-state index contributed by atoms with van der Waals surface area (Å²) < 4.78 is 10.4. The van der Waals surface area contributed by atoms with E-state index in [0.717, 1.165) is 13.1 Å². The van der Waals surface area contributed by atoms with E-state index in [2.05, 4.69) is 20.2 Å². The fourth-order valence-corrected chi connectivity index (χ4v) is 1.42. The molecule has 0 bridgehead atoms. The Morgan fingerprint density at radius 3 is 2.63 bits per heavy atom. The molecule has 0 unspecified atom stereocenters. The van der Waals surface area contributed by atoms with Gasteiger partial charge in [0.2, 0.25) is 5.88 Å². The Labute approximate surface area is 114 Å². The van der Waals surface area contributed by atoms with Crippen LogP contribution in [0.15, 0.2) is 0 Å². The summed E-state index contributed by atoms with van der Waals surface area (Å²) in [5.41, 5.74) is 6.42. The Morgan fingerprint density at radius 1 is 1.26 bits per heavy atom. The van der Waals surface area contributed by atoms with Gasteiger partial charge in [-0.25, -0.2) is 4.98 Å². The predicted molar refractivity (Wildman–Crippen MR) is 75.6 cm³/mol. The number of ether oxygens (including phenoxy) is 2. The molecule has 0 atom stereocenters. The van der Waals surface area contributed by atoms with Crippen molar-refractivity contribution in [1.29, 1.82) is 0 Å². The van der Waals surface area contributed by atoms with Gasteiger partial charge in [-0.15, -0.1) is 0 Å². The number of likely N-dealkylation sites (N-methyl/N-ethyl adjacent to an activating group) is 1. The van der Waals surface area contributed by atoms with E-state index in [9.17, 15) is 0 Å². The molecular formula is C12H23N5O2. The van der Waals surface area contributed by atoms with Crippen LogP contribution in [0.1, 0.15) is 5.82 Å². The Balaban J connectivity index is 2.69. The number of nitrogens with zero attached hydrogens (tertiary/aromatic N) is 3. The lowest BCUT2D eigenvalue weighted by Crippen LogP contribution is -2.22. The third-order valence-electron chi connectivity index (χ3n) is 2.40. The molecular weight excluding hydrogens is 246 g/mol.